The highest BCUT2D eigenvalue weighted by molar-refractivity contribution is 5.97. The average molecular weight is 324 g/mol. The topological polar surface area (TPSA) is 7.76 Å². The lowest BCUT2D eigenvalue weighted by Gasteiger charge is -2.07. The summed E-state index contributed by atoms with van der Waals surface area (Å²) in [5, 5.41) is 1.33. The van der Waals surface area contributed by atoms with Crippen molar-refractivity contribution in [1.82, 2.24) is 0 Å². The molecule has 2 heterocycles. The molecule has 2 heteroatoms. The second-order valence-corrected chi connectivity index (χ2v) is 6.64. The monoisotopic (exact) mass is 324 g/mol. The Morgan fingerprint density at radius 3 is 2.48 bits per heavy atom. The van der Waals surface area contributed by atoms with Crippen LogP contribution in [0.5, 0.6) is 0 Å². The molecule has 25 heavy (non-hydrogen) atoms. The molecule has 0 spiro atoms. The molecule has 0 aliphatic heterocycles. The Morgan fingerprint density at radius 2 is 1.64 bits per heavy atom. The van der Waals surface area contributed by atoms with Crippen LogP contribution in [0.25, 0.3) is 27.7 Å². The number of hydrogen-bond acceptors (Lipinski definition) is 0. The Bertz CT molecular complexity index is 1100. The third-order valence-corrected chi connectivity index (χ3v) is 5.19. The fourth-order valence-electron chi connectivity index (χ4n) is 3.99. The van der Waals surface area contributed by atoms with Crippen molar-refractivity contribution in [2.45, 2.75) is 19.9 Å². The molecule has 0 N–H and O–H groups in total. The predicted molar refractivity (Wildman–Crippen MR) is 99.6 cm³/mol. The molecule has 0 radical (unpaired) electrons. The quantitative estimate of drug-likeness (QED) is 0.434. The number of benzene rings is 2. The molecule has 0 saturated carbocycles. The summed E-state index contributed by atoms with van der Waals surface area (Å²) < 4.78 is 4.59. The molecule has 2 aromatic heterocycles. The third-order valence-electron chi connectivity index (χ3n) is 5.19. The van der Waals surface area contributed by atoms with Gasteiger partial charge in [-0.15, -0.1) is 0 Å². The predicted octanol–water partition coefficient (Wildman–Crippen LogP) is 4.00. The number of rotatable bonds is 2. The Kier molecular flexibility index (Phi) is 3.17. The molecule has 2 aromatic carbocycles. The SMILES string of the molecule is CC[n+]1ccc2c(c1)Cc1c[n+](-c3ccccc3)c3ccccc3c1-2. The van der Waals surface area contributed by atoms with Crippen LogP contribution in [0.1, 0.15) is 18.1 Å². The summed E-state index contributed by atoms with van der Waals surface area (Å²) in [7, 11) is 0. The molecular weight excluding hydrogens is 304 g/mol. The van der Waals surface area contributed by atoms with E-state index in [1.165, 1.54) is 38.8 Å². The van der Waals surface area contributed by atoms with E-state index in [4.69, 9.17) is 0 Å². The minimum atomic E-state index is 1.00. The smallest absolute Gasteiger partial charge is 0.205 e. The minimum absolute atomic E-state index is 1.00. The minimum Gasteiger partial charge on any atom is -0.205 e. The van der Waals surface area contributed by atoms with Gasteiger partial charge in [-0.05, 0) is 18.6 Å². The maximum Gasteiger partial charge on any atom is 0.219 e. The van der Waals surface area contributed by atoms with Gasteiger partial charge in [0, 0.05) is 47.4 Å². The molecule has 0 saturated heterocycles. The van der Waals surface area contributed by atoms with E-state index in [9.17, 15) is 0 Å². The lowest BCUT2D eigenvalue weighted by Crippen LogP contribution is -2.32. The summed E-state index contributed by atoms with van der Waals surface area (Å²) in [5.74, 6) is 0. The summed E-state index contributed by atoms with van der Waals surface area (Å²) in [5.41, 5.74) is 8.09. The molecule has 0 unspecified atom stereocenters. The van der Waals surface area contributed by atoms with Gasteiger partial charge < -0.3 is 0 Å². The Balaban J connectivity index is 1.82. The second-order valence-electron chi connectivity index (χ2n) is 6.64. The van der Waals surface area contributed by atoms with Gasteiger partial charge in [-0.25, -0.2) is 4.57 Å². The molecule has 5 rings (SSSR count). The van der Waals surface area contributed by atoms with Crippen molar-refractivity contribution in [1.29, 1.82) is 0 Å². The molecule has 2 nitrogen and oxygen atoms in total. The summed E-state index contributed by atoms with van der Waals surface area (Å²) in [6.45, 7) is 3.20. The first-order chi connectivity index (χ1) is 12.3. The normalized spacial score (nSPS) is 12.2. The standard InChI is InChI=1S/C23H20N2/c1-2-24-13-12-20-17(15-24)14-18-16-25(19-8-4-3-5-9-19)22-11-7-6-10-21(22)23(18)20/h3-13,15-16H,2,14H2,1H3/q+2. The van der Waals surface area contributed by atoms with Crippen molar-refractivity contribution in [3.8, 4) is 16.8 Å². The van der Waals surface area contributed by atoms with Crippen LogP contribution in [0.2, 0.25) is 0 Å². The molecule has 0 atom stereocenters. The van der Waals surface area contributed by atoms with Gasteiger partial charge in [0.05, 0.1) is 5.39 Å². The van der Waals surface area contributed by atoms with Gasteiger partial charge in [0.1, 0.15) is 6.54 Å². The first-order valence-electron chi connectivity index (χ1n) is 8.89. The first-order valence-corrected chi connectivity index (χ1v) is 8.89. The number of pyridine rings is 2. The average Bonchev–Trinajstić information content (AvgIpc) is 3.05. The maximum atomic E-state index is 2.33. The van der Waals surface area contributed by atoms with Gasteiger partial charge in [-0.1, -0.05) is 30.3 Å². The van der Waals surface area contributed by atoms with E-state index in [2.05, 4.69) is 95.3 Å². The van der Waals surface area contributed by atoms with Crippen molar-refractivity contribution >= 4 is 10.9 Å². The number of fused-ring (bicyclic) bond motifs is 5. The van der Waals surface area contributed by atoms with Gasteiger partial charge in [0.15, 0.2) is 18.6 Å². The van der Waals surface area contributed by atoms with E-state index < -0.39 is 0 Å². The van der Waals surface area contributed by atoms with Crippen molar-refractivity contribution in [2.24, 2.45) is 0 Å². The van der Waals surface area contributed by atoms with Crippen LogP contribution in [0.4, 0.5) is 0 Å². The van der Waals surface area contributed by atoms with Crippen LogP contribution in [-0.4, -0.2) is 0 Å². The van der Waals surface area contributed by atoms with Crippen LogP contribution in [0, 0.1) is 0 Å². The highest BCUT2D eigenvalue weighted by Crippen LogP contribution is 2.39. The third kappa shape index (κ3) is 2.18. The van der Waals surface area contributed by atoms with Crippen molar-refractivity contribution in [3.63, 3.8) is 0 Å². The van der Waals surface area contributed by atoms with Gasteiger partial charge >= 0.3 is 0 Å². The maximum absolute atomic E-state index is 2.33. The van der Waals surface area contributed by atoms with Crippen LogP contribution in [0.3, 0.4) is 0 Å². The van der Waals surface area contributed by atoms with Gasteiger partial charge in [0.2, 0.25) is 11.2 Å². The van der Waals surface area contributed by atoms with Crippen LogP contribution in [0.15, 0.2) is 79.3 Å². The zero-order chi connectivity index (χ0) is 16.8. The number of aromatic nitrogens is 2. The van der Waals surface area contributed by atoms with Crippen molar-refractivity contribution < 1.29 is 9.13 Å². The van der Waals surface area contributed by atoms with E-state index in [1.807, 2.05) is 0 Å². The molecule has 0 amide bonds. The summed E-state index contributed by atoms with van der Waals surface area (Å²) in [6, 6.07) is 21.6. The lowest BCUT2D eigenvalue weighted by molar-refractivity contribution is -0.693. The number of aryl methyl sites for hydroxylation is 1. The molecule has 120 valence electrons. The number of hydrogen-bond donors (Lipinski definition) is 0. The number of nitrogens with zero attached hydrogens (tertiary/aromatic N) is 2. The van der Waals surface area contributed by atoms with E-state index in [0.717, 1.165) is 13.0 Å². The molecule has 0 fully saturated rings. The largest absolute Gasteiger partial charge is 0.219 e. The summed E-state index contributed by atoms with van der Waals surface area (Å²) in [4.78, 5) is 0. The Labute approximate surface area is 147 Å². The first kappa shape index (κ1) is 14.4. The lowest BCUT2D eigenvalue weighted by atomic mass is 10.0. The Hall–Kier alpha value is -3.00. The summed E-state index contributed by atoms with van der Waals surface area (Å²) in [6.07, 6.45) is 7.82. The van der Waals surface area contributed by atoms with Gasteiger partial charge in [-0.3, -0.25) is 0 Å². The second kappa shape index (κ2) is 5.52. The van der Waals surface area contributed by atoms with Crippen molar-refractivity contribution in [3.05, 3.63) is 90.4 Å². The van der Waals surface area contributed by atoms with E-state index in [1.54, 1.807) is 0 Å². The molecule has 1 aliphatic rings. The summed E-state index contributed by atoms with van der Waals surface area (Å²) >= 11 is 0. The molecule has 1 aliphatic carbocycles. The van der Waals surface area contributed by atoms with E-state index in [-0.39, 0.29) is 0 Å². The van der Waals surface area contributed by atoms with E-state index >= 15 is 0 Å². The zero-order valence-electron chi connectivity index (χ0n) is 14.3. The highest BCUT2D eigenvalue weighted by atomic mass is 15.0. The van der Waals surface area contributed by atoms with E-state index in [0.29, 0.717) is 0 Å². The van der Waals surface area contributed by atoms with Crippen LogP contribution in [-0.2, 0) is 13.0 Å². The molecular formula is C23H20N2+2. The molecule has 0 bridgehead atoms. The van der Waals surface area contributed by atoms with Gasteiger partial charge in [0.25, 0.3) is 0 Å². The Morgan fingerprint density at radius 1 is 0.840 bits per heavy atom. The fourth-order valence-corrected chi connectivity index (χ4v) is 3.99. The van der Waals surface area contributed by atoms with Gasteiger partial charge in [-0.2, -0.15) is 4.57 Å². The highest BCUT2D eigenvalue weighted by Gasteiger charge is 2.28. The zero-order valence-corrected chi connectivity index (χ0v) is 14.3. The van der Waals surface area contributed by atoms with Crippen LogP contribution < -0.4 is 9.13 Å². The molecule has 4 aromatic rings. The fraction of sp³-hybridized carbons (Fsp3) is 0.130. The number of para-hydroxylation sites is 2. The van der Waals surface area contributed by atoms with Crippen LogP contribution >= 0.6 is 0 Å². The van der Waals surface area contributed by atoms with Crippen molar-refractivity contribution in [2.75, 3.05) is 0 Å².